The highest BCUT2D eigenvalue weighted by Crippen LogP contribution is 2.45. The van der Waals surface area contributed by atoms with E-state index in [0.29, 0.717) is 28.9 Å². The van der Waals surface area contributed by atoms with Crippen molar-refractivity contribution in [3.05, 3.63) is 53.7 Å². The molecule has 0 bridgehead atoms. The number of halogens is 2. The second-order valence-corrected chi connectivity index (χ2v) is 9.28. The van der Waals surface area contributed by atoms with Gasteiger partial charge in [0.1, 0.15) is 11.9 Å². The number of aryl methyl sites for hydroxylation is 1. The molecule has 1 atom stereocenters. The number of carbonyl (C=O) groups excluding carboxylic acids is 1. The first-order valence-corrected chi connectivity index (χ1v) is 11.4. The predicted octanol–water partition coefficient (Wildman–Crippen LogP) is 4.85. The standard InChI is InChI=1S/C25H24F2N6O/c1-13-25(34)31(2)12-20-22(30-24(33(13)20)14-7-8-14)16-5-4-6-19-17(16)9-18(23(26)27)21(29-19)15-10-28-32(3)11-15/h4-6,9-11,13-14,23H,7-8,12H2,1-3H3. The van der Waals surface area contributed by atoms with Crippen LogP contribution in [-0.2, 0) is 18.4 Å². The number of rotatable bonds is 4. The lowest BCUT2D eigenvalue weighted by Gasteiger charge is -2.31. The monoisotopic (exact) mass is 462 g/mol. The average molecular weight is 463 g/mol. The summed E-state index contributed by atoms with van der Waals surface area (Å²) in [5, 5.41) is 4.74. The van der Waals surface area contributed by atoms with Crippen LogP contribution in [-0.4, -0.2) is 42.2 Å². The fourth-order valence-electron chi connectivity index (χ4n) is 5.00. The maximum Gasteiger partial charge on any atom is 0.265 e. The fourth-order valence-corrected chi connectivity index (χ4v) is 5.00. The van der Waals surface area contributed by atoms with Gasteiger partial charge in [-0.25, -0.2) is 18.7 Å². The smallest absolute Gasteiger partial charge is 0.265 e. The van der Waals surface area contributed by atoms with Gasteiger partial charge < -0.3 is 9.47 Å². The van der Waals surface area contributed by atoms with E-state index in [0.717, 1.165) is 35.6 Å². The third-order valence-electron chi connectivity index (χ3n) is 6.84. The molecule has 0 saturated heterocycles. The van der Waals surface area contributed by atoms with Crippen molar-refractivity contribution in [3.63, 3.8) is 0 Å². The molecular formula is C25H24F2N6O. The van der Waals surface area contributed by atoms with Crippen LogP contribution in [0.1, 0.15) is 55.2 Å². The second-order valence-electron chi connectivity index (χ2n) is 9.28. The van der Waals surface area contributed by atoms with Gasteiger partial charge in [-0.05, 0) is 31.9 Å². The molecule has 1 saturated carbocycles. The zero-order valence-corrected chi connectivity index (χ0v) is 19.2. The Morgan fingerprint density at radius 3 is 2.59 bits per heavy atom. The maximum atomic E-state index is 14.2. The molecule has 0 spiro atoms. The highest BCUT2D eigenvalue weighted by atomic mass is 19.3. The third-order valence-corrected chi connectivity index (χ3v) is 6.84. The van der Waals surface area contributed by atoms with Crippen LogP contribution in [0.4, 0.5) is 8.78 Å². The molecule has 174 valence electrons. The quantitative estimate of drug-likeness (QED) is 0.435. The summed E-state index contributed by atoms with van der Waals surface area (Å²) < 4.78 is 32.0. The number of amides is 1. The van der Waals surface area contributed by atoms with Crippen LogP contribution in [0.5, 0.6) is 0 Å². The van der Waals surface area contributed by atoms with Gasteiger partial charge in [-0.15, -0.1) is 0 Å². The SMILES string of the molecule is CC1C(=O)N(C)Cc2c(-c3cccc4nc(-c5cnn(C)c5)c(C(F)F)cc34)nc(C3CC3)n21. The number of imidazole rings is 1. The number of aromatic nitrogens is 5. The van der Waals surface area contributed by atoms with E-state index in [1.807, 2.05) is 25.1 Å². The van der Waals surface area contributed by atoms with Crippen LogP contribution >= 0.6 is 0 Å². The Bertz CT molecular complexity index is 1450. The molecule has 7 nitrogen and oxygen atoms in total. The largest absolute Gasteiger partial charge is 0.338 e. The molecule has 3 aromatic heterocycles. The first-order valence-electron chi connectivity index (χ1n) is 11.4. The molecule has 0 radical (unpaired) electrons. The maximum absolute atomic E-state index is 14.2. The summed E-state index contributed by atoms with van der Waals surface area (Å²) in [7, 11) is 3.53. The van der Waals surface area contributed by atoms with Gasteiger partial charge in [0.05, 0.1) is 35.3 Å². The molecule has 1 unspecified atom stereocenters. The van der Waals surface area contributed by atoms with Crippen LogP contribution in [0.3, 0.4) is 0 Å². The first kappa shape index (κ1) is 20.9. The molecule has 0 N–H and O–H groups in total. The van der Waals surface area contributed by atoms with Crippen molar-refractivity contribution in [1.82, 2.24) is 29.2 Å². The molecule has 6 rings (SSSR count). The molecular weight excluding hydrogens is 438 g/mol. The number of hydrogen-bond acceptors (Lipinski definition) is 4. The summed E-state index contributed by atoms with van der Waals surface area (Å²) >= 11 is 0. The van der Waals surface area contributed by atoms with Gasteiger partial charge in [0.15, 0.2) is 0 Å². The normalized spacial score (nSPS) is 18.2. The van der Waals surface area contributed by atoms with E-state index in [1.165, 1.54) is 6.07 Å². The number of nitrogens with zero attached hydrogens (tertiary/aromatic N) is 6. The minimum Gasteiger partial charge on any atom is -0.338 e. The Morgan fingerprint density at radius 2 is 1.91 bits per heavy atom. The Labute approximate surface area is 195 Å². The van der Waals surface area contributed by atoms with Crippen LogP contribution < -0.4 is 0 Å². The summed E-state index contributed by atoms with van der Waals surface area (Å²) in [4.78, 5) is 24.1. The molecule has 1 aliphatic heterocycles. The van der Waals surface area contributed by atoms with E-state index in [1.54, 1.807) is 36.1 Å². The number of alkyl halides is 2. The summed E-state index contributed by atoms with van der Waals surface area (Å²) in [5.41, 5.74) is 3.71. The van der Waals surface area contributed by atoms with Gasteiger partial charge in [-0.2, -0.15) is 5.10 Å². The summed E-state index contributed by atoms with van der Waals surface area (Å²) in [5.74, 6) is 1.32. The van der Waals surface area contributed by atoms with Gasteiger partial charge in [0.2, 0.25) is 5.91 Å². The number of hydrogen-bond donors (Lipinski definition) is 0. The topological polar surface area (TPSA) is 68.8 Å². The van der Waals surface area contributed by atoms with Crippen LogP contribution in [0.15, 0.2) is 36.7 Å². The lowest BCUT2D eigenvalue weighted by molar-refractivity contribution is -0.135. The molecule has 1 fully saturated rings. The van der Waals surface area contributed by atoms with Crippen LogP contribution in [0.25, 0.3) is 33.4 Å². The van der Waals surface area contributed by atoms with E-state index in [4.69, 9.17) is 4.98 Å². The second kappa shape index (κ2) is 7.44. The van der Waals surface area contributed by atoms with E-state index in [2.05, 4.69) is 14.6 Å². The Kier molecular flexibility index (Phi) is 4.59. The number of fused-ring (bicyclic) bond motifs is 2. The number of carbonyl (C=O) groups is 1. The van der Waals surface area contributed by atoms with E-state index in [9.17, 15) is 13.6 Å². The van der Waals surface area contributed by atoms with Crippen molar-refractivity contribution in [2.45, 2.75) is 44.7 Å². The van der Waals surface area contributed by atoms with Gasteiger partial charge >= 0.3 is 0 Å². The highest BCUT2D eigenvalue weighted by molar-refractivity contribution is 5.96. The molecule has 2 aliphatic rings. The Balaban J connectivity index is 1.59. The van der Waals surface area contributed by atoms with Crippen LogP contribution in [0, 0.1) is 0 Å². The zero-order chi connectivity index (χ0) is 23.7. The number of benzene rings is 1. The Morgan fingerprint density at radius 1 is 1.12 bits per heavy atom. The summed E-state index contributed by atoms with van der Waals surface area (Å²) in [6.07, 6.45) is 2.64. The van der Waals surface area contributed by atoms with Gasteiger partial charge in [-0.3, -0.25) is 9.48 Å². The average Bonchev–Trinajstić information content (AvgIpc) is 3.46. The Hall–Kier alpha value is -3.62. The van der Waals surface area contributed by atoms with Crippen molar-refractivity contribution in [2.24, 2.45) is 7.05 Å². The van der Waals surface area contributed by atoms with E-state index < -0.39 is 6.43 Å². The molecule has 4 aromatic rings. The van der Waals surface area contributed by atoms with Crippen molar-refractivity contribution in [1.29, 1.82) is 0 Å². The van der Waals surface area contributed by atoms with Crippen molar-refractivity contribution in [3.8, 4) is 22.5 Å². The number of likely N-dealkylation sites (N-methyl/N-ethyl adjacent to an activating group) is 1. The summed E-state index contributed by atoms with van der Waals surface area (Å²) in [6.45, 7) is 2.33. The minimum atomic E-state index is -2.69. The molecule has 1 amide bonds. The molecule has 4 heterocycles. The van der Waals surface area contributed by atoms with Gasteiger partial charge in [0.25, 0.3) is 6.43 Å². The lowest BCUT2D eigenvalue weighted by Crippen LogP contribution is -2.39. The third kappa shape index (κ3) is 3.13. The number of pyridine rings is 1. The highest BCUT2D eigenvalue weighted by Gasteiger charge is 2.38. The van der Waals surface area contributed by atoms with Crippen molar-refractivity contribution >= 4 is 16.8 Å². The molecule has 34 heavy (non-hydrogen) atoms. The van der Waals surface area contributed by atoms with Crippen LogP contribution in [0.2, 0.25) is 0 Å². The zero-order valence-electron chi connectivity index (χ0n) is 19.2. The first-order chi connectivity index (χ1) is 16.3. The van der Waals surface area contributed by atoms with Crippen molar-refractivity contribution in [2.75, 3.05) is 7.05 Å². The molecule has 1 aromatic carbocycles. The van der Waals surface area contributed by atoms with Crippen molar-refractivity contribution < 1.29 is 13.6 Å². The lowest BCUT2D eigenvalue weighted by atomic mass is 9.99. The van der Waals surface area contributed by atoms with E-state index in [-0.39, 0.29) is 23.2 Å². The van der Waals surface area contributed by atoms with E-state index >= 15 is 0 Å². The van der Waals surface area contributed by atoms with Gasteiger partial charge in [-0.1, -0.05) is 12.1 Å². The molecule has 1 aliphatic carbocycles. The van der Waals surface area contributed by atoms with Gasteiger partial charge in [0, 0.05) is 48.3 Å². The predicted molar refractivity (Wildman–Crippen MR) is 123 cm³/mol. The summed E-state index contributed by atoms with van der Waals surface area (Å²) in [6, 6.07) is 6.81. The molecule has 9 heteroatoms. The minimum absolute atomic E-state index is 0.0547. The fraction of sp³-hybridized carbons (Fsp3) is 0.360.